The normalized spacial score (nSPS) is 13.2. The van der Waals surface area contributed by atoms with Gasteiger partial charge in [0, 0.05) is 11.5 Å². The summed E-state index contributed by atoms with van der Waals surface area (Å²) in [6, 6.07) is 14.3. The molecular formula is C19H22N2O2. The first-order valence-electron chi connectivity index (χ1n) is 7.63. The summed E-state index contributed by atoms with van der Waals surface area (Å²) in [7, 11) is 0. The van der Waals surface area contributed by atoms with Gasteiger partial charge in [0.2, 0.25) is 5.91 Å². The van der Waals surface area contributed by atoms with Gasteiger partial charge in [-0.05, 0) is 36.6 Å². The Morgan fingerprint density at radius 3 is 2.26 bits per heavy atom. The number of nitrogens with two attached hydrogens (primary N) is 1. The molecule has 2 amide bonds. The van der Waals surface area contributed by atoms with Crippen LogP contribution in [-0.4, -0.2) is 17.9 Å². The summed E-state index contributed by atoms with van der Waals surface area (Å²) in [5, 5.41) is 2.79. The number of carbonyl (C=O) groups is 2. The molecule has 0 aliphatic rings. The minimum atomic E-state index is -0.759. The summed E-state index contributed by atoms with van der Waals surface area (Å²) >= 11 is 0. The molecule has 0 fully saturated rings. The molecule has 2 aromatic carbocycles. The van der Waals surface area contributed by atoms with E-state index in [2.05, 4.69) is 5.32 Å². The van der Waals surface area contributed by atoms with E-state index in [0.717, 1.165) is 16.7 Å². The van der Waals surface area contributed by atoms with Crippen LogP contribution < -0.4 is 11.1 Å². The first kappa shape index (κ1) is 16.7. The van der Waals surface area contributed by atoms with Gasteiger partial charge in [0.05, 0.1) is 0 Å². The van der Waals surface area contributed by atoms with Crippen molar-refractivity contribution in [2.75, 3.05) is 0 Å². The summed E-state index contributed by atoms with van der Waals surface area (Å²) in [6.07, 6.45) is 0. The molecule has 0 aromatic heterocycles. The van der Waals surface area contributed by atoms with E-state index < -0.39 is 11.9 Å². The fourth-order valence-electron chi connectivity index (χ4n) is 2.61. The van der Waals surface area contributed by atoms with Crippen molar-refractivity contribution >= 4 is 11.8 Å². The van der Waals surface area contributed by atoms with Crippen molar-refractivity contribution in [3.8, 4) is 0 Å². The molecule has 4 heteroatoms. The van der Waals surface area contributed by atoms with Gasteiger partial charge in [-0.1, -0.05) is 49.4 Å². The van der Waals surface area contributed by atoms with E-state index in [4.69, 9.17) is 5.73 Å². The number of hydrogen-bond donors (Lipinski definition) is 2. The van der Waals surface area contributed by atoms with Crippen LogP contribution in [0.3, 0.4) is 0 Å². The van der Waals surface area contributed by atoms with E-state index in [-0.39, 0.29) is 11.8 Å². The lowest BCUT2D eigenvalue weighted by molar-refractivity contribution is -0.120. The van der Waals surface area contributed by atoms with Crippen LogP contribution in [0.2, 0.25) is 0 Å². The molecule has 4 nitrogen and oxygen atoms in total. The van der Waals surface area contributed by atoms with Crippen LogP contribution in [0.4, 0.5) is 0 Å². The molecule has 3 N–H and O–H groups in total. The SMILES string of the molecule is Cc1cccc(C(=O)N[C@@H](C(N)=O)[C@H](C)c2ccccc2)c1C. The van der Waals surface area contributed by atoms with E-state index in [9.17, 15) is 9.59 Å². The Labute approximate surface area is 136 Å². The highest BCUT2D eigenvalue weighted by molar-refractivity contribution is 5.98. The summed E-state index contributed by atoms with van der Waals surface area (Å²) in [6.45, 7) is 5.72. The molecule has 2 aromatic rings. The van der Waals surface area contributed by atoms with Gasteiger partial charge in [0.1, 0.15) is 6.04 Å². The highest BCUT2D eigenvalue weighted by atomic mass is 16.2. The minimum Gasteiger partial charge on any atom is -0.368 e. The molecule has 0 spiro atoms. The number of aryl methyl sites for hydroxylation is 1. The number of benzene rings is 2. The fourth-order valence-corrected chi connectivity index (χ4v) is 2.61. The lowest BCUT2D eigenvalue weighted by Gasteiger charge is -2.23. The van der Waals surface area contributed by atoms with Gasteiger partial charge in [-0.15, -0.1) is 0 Å². The number of rotatable bonds is 5. The largest absolute Gasteiger partial charge is 0.368 e. The van der Waals surface area contributed by atoms with Crippen molar-refractivity contribution < 1.29 is 9.59 Å². The third-order valence-corrected chi connectivity index (χ3v) is 4.27. The van der Waals surface area contributed by atoms with E-state index in [0.29, 0.717) is 5.56 Å². The zero-order valence-corrected chi connectivity index (χ0v) is 13.7. The highest BCUT2D eigenvalue weighted by Gasteiger charge is 2.26. The Balaban J connectivity index is 2.24. The molecule has 0 bridgehead atoms. The molecule has 0 aliphatic carbocycles. The first-order chi connectivity index (χ1) is 10.9. The van der Waals surface area contributed by atoms with Crippen LogP contribution in [0.15, 0.2) is 48.5 Å². The lowest BCUT2D eigenvalue weighted by atomic mass is 9.92. The molecule has 23 heavy (non-hydrogen) atoms. The van der Waals surface area contributed by atoms with Gasteiger partial charge in [0.15, 0.2) is 0 Å². The van der Waals surface area contributed by atoms with Crippen molar-refractivity contribution in [2.45, 2.75) is 32.7 Å². The fraction of sp³-hybridized carbons (Fsp3) is 0.263. The minimum absolute atomic E-state index is 0.206. The van der Waals surface area contributed by atoms with E-state index >= 15 is 0 Å². The Hall–Kier alpha value is -2.62. The maximum Gasteiger partial charge on any atom is 0.252 e. The Morgan fingerprint density at radius 2 is 1.65 bits per heavy atom. The smallest absolute Gasteiger partial charge is 0.252 e. The Bertz CT molecular complexity index is 711. The van der Waals surface area contributed by atoms with Crippen molar-refractivity contribution in [3.63, 3.8) is 0 Å². The maximum atomic E-state index is 12.5. The molecule has 2 rings (SSSR count). The average Bonchev–Trinajstić information content (AvgIpc) is 2.55. The van der Waals surface area contributed by atoms with Gasteiger partial charge >= 0.3 is 0 Å². The van der Waals surface area contributed by atoms with Crippen molar-refractivity contribution in [1.29, 1.82) is 0 Å². The molecule has 0 aliphatic heterocycles. The van der Waals surface area contributed by atoms with E-state index in [1.54, 1.807) is 6.07 Å². The van der Waals surface area contributed by atoms with E-state index in [1.165, 1.54) is 0 Å². The highest BCUT2D eigenvalue weighted by Crippen LogP contribution is 2.20. The monoisotopic (exact) mass is 310 g/mol. The predicted octanol–water partition coefficient (Wildman–Crippen LogP) is 2.69. The molecule has 0 unspecified atom stereocenters. The zero-order chi connectivity index (χ0) is 17.0. The number of hydrogen-bond acceptors (Lipinski definition) is 2. The third kappa shape index (κ3) is 3.77. The third-order valence-electron chi connectivity index (χ3n) is 4.27. The second-order valence-corrected chi connectivity index (χ2v) is 5.80. The lowest BCUT2D eigenvalue weighted by Crippen LogP contribution is -2.47. The van der Waals surface area contributed by atoms with Crippen LogP contribution in [0.5, 0.6) is 0 Å². The molecule has 0 saturated heterocycles. The molecule has 0 radical (unpaired) electrons. The van der Waals surface area contributed by atoms with Crippen LogP contribution >= 0.6 is 0 Å². The average molecular weight is 310 g/mol. The van der Waals surface area contributed by atoms with Crippen molar-refractivity contribution in [1.82, 2.24) is 5.32 Å². The molecule has 0 heterocycles. The van der Waals surface area contributed by atoms with Crippen molar-refractivity contribution in [3.05, 3.63) is 70.8 Å². The van der Waals surface area contributed by atoms with Gasteiger partial charge in [-0.25, -0.2) is 0 Å². The second-order valence-electron chi connectivity index (χ2n) is 5.80. The number of nitrogens with one attached hydrogen (secondary N) is 1. The predicted molar refractivity (Wildman–Crippen MR) is 91.2 cm³/mol. The first-order valence-corrected chi connectivity index (χ1v) is 7.63. The van der Waals surface area contributed by atoms with Crippen LogP contribution in [0.25, 0.3) is 0 Å². The zero-order valence-electron chi connectivity index (χ0n) is 13.7. The van der Waals surface area contributed by atoms with Gasteiger partial charge < -0.3 is 11.1 Å². The quantitative estimate of drug-likeness (QED) is 0.891. The summed E-state index contributed by atoms with van der Waals surface area (Å²) < 4.78 is 0. The van der Waals surface area contributed by atoms with Crippen LogP contribution in [0, 0.1) is 13.8 Å². The topological polar surface area (TPSA) is 72.2 Å². The van der Waals surface area contributed by atoms with Gasteiger partial charge in [0.25, 0.3) is 5.91 Å². The summed E-state index contributed by atoms with van der Waals surface area (Å²) in [5.74, 6) is -1.03. The second kappa shape index (κ2) is 7.09. The van der Waals surface area contributed by atoms with Crippen molar-refractivity contribution in [2.24, 2.45) is 5.73 Å². The summed E-state index contributed by atoms with van der Waals surface area (Å²) in [4.78, 5) is 24.4. The number of primary amides is 1. The maximum absolute atomic E-state index is 12.5. The number of carbonyl (C=O) groups excluding carboxylic acids is 2. The van der Waals surface area contributed by atoms with Gasteiger partial charge in [-0.2, -0.15) is 0 Å². The van der Waals surface area contributed by atoms with Gasteiger partial charge in [-0.3, -0.25) is 9.59 Å². The van der Waals surface area contributed by atoms with E-state index in [1.807, 2.05) is 63.2 Å². The molecule has 2 atom stereocenters. The number of amides is 2. The van der Waals surface area contributed by atoms with Crippen LogP contribution in [0.1, 0.15) is 39.9 Å². The molecule has 0 saturated carbocycles. The Morgan fingerprint density at radius 1 is 1.00 bits per heavy atom. The standard InChI is InChI=1S/C19H22N2O2/c1-12-8-7-11-16(13(12)2)19(23)21-17(18(20)22)14(3)15-9-5-4-6-10-15/h4-11,14,17H,1-3H3,(H2,20,22)(H,21,23)/t14-,17-/m1/s1. The Kier molecular flexibility index (Phi) is 5.16. The van der Waals surface area contributed by atoms with Crippen LogP contribution in [-0.2, 0) is 4.79 Å². The molecular weight excluding hydrogens is 288 g/mol. The molecule has 120 valence electrons. The summed E-state index contributed by atoms with van der Waals surface area (Å²) in [5.41, 5.74) is 8.97.